The summed E-state index contributed by atoms with van der Waals surface area (Å²) in [5, 5.41) is 29.1. The highest BCUT2D eigenvalue weighted by molar-refractivity contribution is 5.08. The summed E-state index contributed by atoms with van der Waals surface area (Å²) in [5.74, 6) is 0. The van der Waals surface area contributed by atoms with Crippen molar-refractivity contribution >= 4 is 0 Å². The number of hydrogen-bond donors (Lipinski definition) is 2. The van der Waals surface area contributed by atoms with Crippen molar-refractivity contribution in [2.75, 3.05) is 13.2 Å². The van der Waals surface area contributed by atoms with Crippen molar-refractivity contribution in [1.29, 1.82) is 0 Å². The van der Waals surface area contributed by atoms with Gasteiger partial charge in [0.2, 0.25) is 0 Å². The van der Waals surface area contributed by atoms with Crippen LogP contribution in [0.25, 0.3) is 20.9 Å². The highest BCUT2D eigenvalue weighted by Crippen LogP contribution is 2.39. The van der Waals surface area contributed by atoms with E-state index in [4.69, 9.17) is 30.0 Å². The molecule has 12 nitrogen and oxygen atoms in total. The summed E-state index contributed by atoms with van der Waals surface area (Å²) >= 11 is 0. The van der Waals surface area contributed by atoms with Crippen molar-refractivity contribution in [2.24, 2.45) is 10.2 Å². The Bertz CT molecular complexity index is 614. The Hall–Kier alpha value is -1.62. The van der Waals surface area contributed by atoms with E-state index >= 15 is 0 Å². The molecular formula is C16H24N6O6. The minimum Gasteiger partial charge on any atom is -0.390 e. The maximum Gasteiger partial charge on any atom is 0.110 e. The van der Waals surface area contributed by atoms with Crippen molar-refractivity contribution < 1.29 is 29.2 Å². The molecule has 0 aliphatic carbocycles. The number of fused-ring (bicyclic) bond motifs is 2. The molecule has 0 aromatic carbocycles. The number of rotatable bonds is 3. The van der Waals surface area contributed by atoms with Gasteiger partial charge in [-0.05, 0) is 36.7 Å². The van der Waals surface area contributed by atoms with Crippen molar-refractivity contribution in [3.63, 3.8) is 0 Å². The molecule has 0 aromatic heterocycles. The first-order chi connectivity index (χ1) is 13.7. The van der Waals surface area contributed by atoms with Crippen LogP contribution in [-0.2, 0) is 18.9 Å². The monoisotopic (exact) mass is 396 g/mol. The second-order valence-corrected chi connectivity index (χ2v) is 7.61. The molecule has 0 bridgehead atoms. The van der Waals surface area contributed by atoms with Gasteiger partial charge in [-0.1, -0.05) is 10.2 Å². The third kappa shape index (κ3) is 3.42. The molecule has 0 spiro atoms. The number of ether oxygens (including phenoxy) is 4. The van der Waals surface area contributed by atoms with E-state index in [1.54, 1.807) is 0 Å². The molecule has 0 radical (unpaired) electrons. The summed E-state index contributed by atoms with van der Waals surface area (Å²) in [4.78, 5) is 5.69. The van der Waals surface area contributed by atoms with Crippen LogP contribution in [0.5, 0.6) is 0 Å². The minimum atomic E-state index is -1.09. The lowest BCUT2D eigenvalue weighted by molar-refractivity contribution is -0.276. The van der Waals surface area contributed by atoms with Crippen molar-refractivity contribution in [3.8, 4) is 0 Å². The molecule has 0 unspecified atom stereocenters. The van der Waals surface area contributed by atoms with E-state index in [-0.39, 0.29) is 0 Å². The fourth-order valence-corrected chi connectivity index (χ4v) is 4.75. The van der Waals surface area contributed by atoms with Crippen molar-refractivity contribution in [1.82, 2.24) is 0 Å². The lowest BCUT2D eigenvalue weighted by Gasteiger charge is -2.52. The summed E-state index contributed by atoms with van der Waals surface area (Å²) in [5.41, 5.74) is 18.0. The van der Waals surface area contributed by atoms with Gasteiger partial charge in [0, 0.05) is 23.0 Å². The predicted octanol–water partition coefficient (Wildman–Crippen LogP) is 0.959. The van der Waals surface area contributed by atoms with Crippen LogP contribution in [0.3, 0.4) is 0 Å². The van der Waals surface area contributed by atoms with Gasteiger partial charge in [-0.15, -0.1) is 0 Å². The SMILES string of the molecule is [N-]=[N+]=N[C@@H]1[C@@H](O)[C@H]2OCCC[C@@H]2O[C@H]1[C@H]1O[C@H]2CCCO[C@@H]2[C@H](O)[C@H]1N=[N+]=[N-]. The molecule has 12 heteroatoms. The first-order valence-corrected chi connectivity index (χ1v) is 9.64. The molecule has 4 aliphatic rings. The summed E-state index contributed by atoms with van der Waals surface area (Å²) in [6.45, 7) is 0.993. The van der Waals surface area contributed by atoms with Crippen molar-refractivity contribution in [3.05, 3.63) is 20.9 Å². The van der Waals surface area contributed by atoms with Crippen LogP contribution in [0.1, 0.15) is 25.7 Å². The molecule has 0 aromatic rings. The van der Waals surface area contributed by atoms with Gasteiger partial charge in [0.1, 0.15) is 12.2 Å². The third-order valence-corrected chi connectivity index (χ3v) is 6.02. The maximum absolute atomic E-state index is 10.8. The fourth-order valence-electron chi connectivity index (χ4n) is 4.75. The van der Waals surface area contributed by atoms with Crippen LogP contribution in [0.15, 0.2) is 10.2 Å². The van der Waals surface area contributed by atoms with Crippen LogP contribution in [0, 0.1) is 0 Å². The smallest absolute Gasteiger partial charge is 0.110 e. The quantitative estimate of drug-likeness (QED) is 0.408. The topological polar surface area (TPSA) is 175 Å². The van der Waals surface area contributed by atoms with Gasteiger partial charge in [0.05, 0.1) is 48.7 Å². The molecule has 4 heterocycles. The average molecular weight is 396 g/mol. The summed E-state index contributed by atoms with van der Waals surface area (Å²) in [6.07, 6.45) is -3.04. The van der Waals surface area contributed by atoms with E-state index in [0.29, 0.717) is 26.1 Å². The third-order valence-electron chi connectivity index (χ3n) is 6.02. The zero-order valence-corrected chi connectivity index (χ0v) is 15.2. The number of azide groups is 2. The molecule has 154 valence electrons. The molecule has 4 fully saturated rings. The standard InChI is InChI=1S/C16H24N6O6/c17-21-19-9-11(23)13-7(3-1-5-25-13)27-15(9)16-10(20-22-18)12(24)14-8(28-16)4-2-6-26-14/h7-16,23-24H,1-6H2/t7-,8-,9+,10+,11+,12+,13-,14-,15-,16+/m0/s1. The van der Waals surface area contributed by atoms with Crippen LogP contribution in [-0.4, -0.2) is 84.3 Å². The zero-order chi connectivity index (χ0) is 19.7. The Kier molecular flexibility index (Phi) is 5.91. The summed E-state index contributed by atoms with van der Waals surface area (Å²) in [6, 6.07) is -2.00. The normalized spacial score (nSPS) is 48.4. The Morgan fingerprint density at radius 2 is 1.14 bits per heavy atom. The summed E-state index contributed by atoms with van der Waals surface area (Å²) < 4.78 is 23.6. The molecule has 4 saturated heterocycles. The lowest BCUT2D eigenvalue weighted by Crippen LogP contribution is -2.68. The van der Waals surface area contributed by atoms with E-state index in [9.17, 15) is 10.2 Å². The van der Waals surface area contributed by atoms with E-state index in [1.807, 2.05) is 0 Å². The average Bonchev–Trinajstić information content (AvgIpc) is 2.72. The van der Waals surface area contributed by atoms with Gasteiger partial charge in [0.25, 0.3) is 0 Å². The Balaban J connectivity index is 1.66. The second-order valence-electron chi connectivity index (χ2n) is 7.61. The Morgan fingerprint density at radius 3 is 1.54 bits per heavy atom. The first-order valence-electron chi connectivity index (χ1n) is 9.64. The fraction of sp³-hybridized carbons (Fsp3) is 1.00. The molecule has 4 aliphatic heterocycles. The van der Waals surface area contributed by atoms with E-state index in [0.717, 1.165) is 12.8 Å². The lowest BCUT2D eigenvalue weighted by atomic mass is 9.81. The van der Waals surface area contributed by atoms with Crippen LogP contribution >= 0.6 is 0 Å². The second kappa shape index (κ2) is 8.40. The first kappa shape index (κ1) is 19.7. The van der Waals surface area contributed by atoms with Crippen LogP contribution in [0.4, 0.5) is 0 Å². The minimum absolute atomic E-state index is 0.397. The van der Waals surface area contributed by atoms with Gasteiger partial charge in [-0.3, -0.25) is 0 Å². The molecule has 28 heavy (non-hydrogen) atoms. The number of aliphatic hydroxyl groups is 2. The Morgan fingerprint density at radius 1 is 0.714 bits per heavy atom. The molecular weight excluding hydrogens is 372 g/mol. The van der Waals surface area contributed by atoms with E-state index in [1.165, 1.54) is 0 Å². The van der Waals surface area contributed by atoms with E-state index in [2.05, 4.69) is 20.1 Å². The van der Waals surface area contributed by atoms with Gasteiger partial charge in [-0.25, -0.2) is 0 Å². The van der Waals surface area contributed by atoms with Crippen molar-refractivity contribution in [2.45, 2.75) is 86.6 Å². The molecule has 0 saturated carbocycles. The number of nitrogens with zero attached hydrogens (tertiary/aromatic N) is 6. The number of hydrogen-bond acceptors (Lipinski definition) is 8. The van der Waals surface area contributed by atoms with Gasteiger partial charge < -0.3 is 29.2 Å². The van der Waals surface area contributed by atoms with Crippen LogP contribution < -0.4 is 0 Å². The largest absolute Gasteiger partial charge is 0.390 e. The Labute approximate surface area is 161 Å². The van der Waals surface area contributed by atoms with Crippen LogP contribution in [0.2, 0.25) is 0 Å². The highest BCUT2D eigenvalue weighted by Gasteiger charge is 2.55. The number of aliphatic hydroxyl groups excluding tert-OH is 2. The molecule has 2 N–H and O–H groups in total. The summed E-state index contributed by atoms with van der Waals surface area (Å²) in [7, 11) is 0. The highest BCUT2D eigenvalue weighted by atomic mass is 16.6. The van der Waals surface area contributed by atoms with Gasteiger partial charge in [0.15, 0.2) is 0 Å². The molecule has 10 atom stereocenters. The van der Waals surface area contributed by atoms with Gasteiger partial charge in [-0.2, -0.15) is 0 Å². The van der Waals surface area contributed by atoms with E-state index < -0.39 is 60.9 Å². The molecule has 4 rings (SSSR count). The predicted molar refractivity (Wildman–Crippen MR) is 93.2 cm³/mol. The van der Waals surface area contributed by atoms with Gasteiger partial charge >= 0.3 is 0 Å². The zero-order valence-electron chi connectivity index (χ0n) is 15.2. The molecule has 0 amide bonds. The maximum atomic E-state index is 10.8.